The van der Waals surface area contributed by atoms with Gasteiger partial charge in [0.05, 0.1) is 11.1 Å². The lowest BCUT2D eigenvalue weighted by Crippen LogP contribution is -2.68. The zero-order valence-corrected chi connectivity index (χ0v) is 46.2. The Balaban J connectivity index is 0.000000174. The molecular weight excluding hydrogens is 865 g/mol. The second-order valence-electron chi connectivity index (χ2n) is 29.7. The minimum absolute atomic E-state index is 0.0137. The predicted molar refractivity (Wildman–Crippen MR) is 276 cm³/mol. The lowest BCUT2D eigenvalue weighted by atomic mass is 9.35. The van der Waals surface area contributed by atoms with Crippen LogP contribution in [0.25, 0.3) is 0 Å². The molecule has 0 aliphatic heterocycles. The highest BCUT2D eigenvalue weighted by atomic mass is 16.1. The molecule has 0 aromatic rings. The van der Waals surface area contributed by atoms with Crippen LogP contribution in [0.1, 0.15) is 187 Å². The third-order valence-electron chi connectivity index (χ3n) is 24.6. The zero-order valence-electron chi connectivity index (χ0n) is 46.2. The number of nitrogens with zero attached hydrogens (tertiary/aromatic N) is 3. The molecule has 14 atom stereocenters. The maximum atomic E-state index is 14.4. The van der Waals surface area contributed by atoms with Crippen LogP contribution in [0.5, 0.6) is 0 Å². The van der Waals surface area contributed by atoms with E-state index in [0.717, 1.165) is 89.0 Å². The van der Waals surface area contributed by atoms with Crippen LogP contribution in [0.15, 0.2) is 46.6 Å². The molecule has 8 nitrogen and oxygen atoms in total. The average molecular weight is 953 g/mol. The Kier molecular flexibility index (Phi) is 11.3. The first-order chi connectivity index (χ1) is 32.1. The molecule has 70 heavy (non-hydrogen) atoms. The fraction of sp³-hybridized carbons (Fsp3) is 0.774. The molecule has 0 aromatic heterocycles. The smallest absolute Gasteiger partial charge is 0.178 e. The lowest BCUT2D eigenvalue weighted by Gasteiger charge is -2.70. The van der Waals surface area contributed by atoms with E-state index in [2.05, 4.69) is 100 Å². The summed E-state index contributed by atoms with van der Waals surface area (Å²) in [4.78, 5) is 57.3. The van der Waals surface area contributed by atoms with Crippen molar-refractivity contribution in [2.24, 2.45) is 95.4 Å². The van der Waals surface area contributed by atoms with E-state index in [1.54, 1.807) is 0 Å². The standard InChI is InChI=1S/C32H46N2O2.C30H42N2O2/c1-27(2)12-14-32(34(8)9)15-13-31(7)25(21(32)18-27)22(35)16-24-29(5)17-20(19-33)26(36)28(3,4)23(29)10-11-30(24,31)6;1-25(2)10-12-30(32)13-11-29(7)23(19(30)16-25)20(33)14-22-27(5)15-18(17-31)24(34)26(3,4)21(27)8-9-28(22,29)6/h16-17,21,23,25H,10-15,18H2,1-9H3;14-15,19,21,23H,8-13,16,32H2,1-7H3/t21-,23-,25-,29-,30+,31+,32-;19-,21-,23-,27-,28+,29+,30-/m00/s1. The van der Waals surface area contributed by atoms with E-state index in [-0.39, 0.29) is 102 Å². The molecule has 6 saturated carbocycles. The summed E-state index contributed by atoms with van der Waals surface area (Å²) >= 11 is 0. The lowest BCUT2D eigenvalue weighted by molar-refractivity contribution is -0.173. The van der Waals surface area contributed by atoms with E-state index in [0.29, 0.717) is 11.7 Å². The predicted octanol–water partition coefficient (Wildman–Crippen LogP) is 12.4. The maximum Gasteiger partial charge on any atom is 0.178 e. The van der Waals surface area contributed by atoms with E-state index in [1.807, 2.05) is 52.0 Å². The summed E-state index contributed by atoms with van der Waals surface area (Å²) in [7, 11) is 4.46. The number of Topliss-reactive ketones (excluding diaryl/α,β-unsaturated/α-hetero) is 2. The van der Waals surface area contributed by atoms with Crippen molar-refractivity contribution in [2.75, 3.05) is 14.1 Å². The highest BCUT2D eigenvalue weighted by Crippen LogP contribution is 2.75. The number of rotatable bonds is 1. The average Bonchev–Trinajstić information content (AvgIpc) is 3.25. The van der Waals surface area contributed by atoms with Gasteiger partial charge < -0.3 is 10.6 Å². The van der Waals surface area contributed by atoms with Gasteiger partial charge in [-0.1, -0.05) is 120 Å². The molecule has 10 rings (SSSR count). The Hall–Kier alpha value is -3.46. The molecule has 8 heteroatoms. The first-order valence-electron chi connectivity index (χ1n) is 27.4. The van der Waals surface area contributed by atoms with Gasteiger partial charge in [-0.05, 0) is 172 Å². The monoisotopic (exact) mass is 953 g/mol. The molecule has 0 radical (unpaired) electrons. The van der Waals surface area contributed by atoms with Crippen molar-refractivity contribution < 1.29 is 19.2 Å². The van der Waals surface area contributed by atoms with Crippen molar-refractivity contribution in [3.05, 3.63) is 46.6 Å². The molecule has 0 bridgehead atoms. The molecule has 0 aromatic carbocycles. The Bertz CT molecular complexity index is 2570. The number of fused-ring (bicyclic) bond motifs is 14. The van der Waals surface area contributed by atoms with E-state index in [9.17, 15) is 29.7 Å². The topological polar surface area (TPSA) is 145 Å². The Morgan fingerprint density at radius 3 is 1.33 bits per heavy atom. The van der Waals surface area contributed by atoms with Crippen LogP contribution in [0.4, 0.5) is 0 Å². The van der Waals surface area contributed by atoms with Gasteiger partial charge in [0.15, 0.2) is 23.1 Å². The summed E-state index contributed by atoms with van der Waals surface area (Å²) in [6.07, 6.45) is 22.4. The second kappa shape index (κ2) is 15.3. The molecule has 6 fully saturated rings. The number of nitrogens with two attached hydrogens (primary N) is 1. The summed E-state index contributed by atoms with van der Waals surface area (Å²) in [6.45, 7) is 31.4. The Morgan fingerprint density at radius 1 is 0.529 bits per heavy atom. The molecule has 0 heterocycles. The molecule has 0 saturated heterocycles. The molecule has 0 amide bonds. The molecule has 0 unspecified atom stereocenters. The third-order valence-corrected chi connectivity index (χ3v) is 24.6. The van der Waals surface area contributed by atoms with Crippen molar-refractivity contribution in [3.8, 4) is 12.1 Å². The van der Waals surface area contributed by atoms with E-state index < -0.39 is 21.7 Å². The fourth-order valence-corrected chi connectivity index (χ4v) is 20.1. The van der Waals surface area contributed by atoms with Crippen LogP contribution in [-0.4, -0.2) is 53.2 Å². The van der Waals surface area contributed by atoms with Gasteiger partial charge in [0.2, 0.25) is 0 Å². The SMILES string of the molecule is CC1(C)CC[C@]2(N)CC[C@]3(C)[C@H](C(=O)C=C4[C@@]5(C)C=C(C#N)C(=O)C(C)(C)[C@@H]5CC[C@]43C)[C@@H]2C1.CN(C)[C@]12CCC(C)(C)C[C@H]1[C@H]1C(=O)C=C3[C@@]4(C)C=C(C#N)C(=O)C(C)(C)[C@@H]4CC[C@@]3(C)[C@]1(C)CC2. The maximum absolute atomic E-state index is 14.4. The van der Waals surface area contributed by atoms with Crippen LogP contribution in [0.3, 0.4) is 0 Å². The number of carbonyl (C=O) groups is 4. The number of carbonyl (C=O) groups excluding carboxylic acids is 4. The van der Waals surface area contributed by atoms with Gasteiger partial charge in [-0.3, -0.25) is 19.2 Å². The first-order valence-corrected chi connectivity index (χ1v) is 27.4. The molecule has 380 valence electrons. The van der Waals surface area contributed by atoms with E-state index >= 15 is 0 Å². The minimum Gasteiger partial charge on any atom is -0.325 e. The van der Waals surface area contributed by atoms with Crippen molar-refractivity contribution in [1.29, 1.82) is 10.5 Å². The number of hydrogen-bond donors (Lipinski definition) is 1. The summed E-state index contributed by atoms with van der Waals surface area (Å²) in [5, 5.41) is 19.7. The first kappa shape index (κ1) is 51.4. The number of hydrogen-bond acceptors (Lipinski definition) is 8. The largest absolute Gasteiger partial charge is 0.325 e. The van der Waals surface area contributed by atoms with Gasteiger partial charge in [-0.2, -0.15) is 10.5 Å². The van der Waals surface area contributed by atoms with Crippen LogP contribution in [0, 0.1) is 112 Å². The van der Waals surface area contributed by atoms with Crippen molar-refractivity contribution in [1.82, 2.24) is 4.90 Å². The second-order valence-corrected chi connectivity index (χ2v) is 29.7. The van der Waals surface area contributed by atoms with Gasteiger partial charge in [-0.15, -0.1) is 0 Å². The van der Waals surface area contributed by atoms with Crippen LogP contribution >= 0.6 is 0 Å². The van der Waals surface area contributed by atoms with Crippen LogP contribution in [0.2, 0.25) is 0 Å². The molecule has 10 aliphatic carbocycles. The summed E-state index contributed by atoms with van der Waals surface area (Å²) in [5.74, 6) is 1.12. The van der Waals surface area contributed by atoms with Crippen LogP contribution in [-0.2, 0) is 19.2 Å². The van der Waals surface area contributed by atoms with E-state index in [1.165, 1.54) is 12.0 Å². The third kappa shape index (κ3) is 6.48. The van der Waals surface area contributed by atoms with Gasteiger partial charge >= 0.3 is 0 Å². The Labute approximate surface area is 422 Å². The van der Waals surface area contributed by atoms with Crippen LogP contribution < -0.4 is 5.73 Å². The zero-order chi connectivity index (χ0) is 51.8. The highest BCUT2D eigenvalue weighted by Gasteiger charge is 2.72. The van der Waals surface area contributed by atoms with Crippen molar-refractivity contribution in [2.45, 2.75) is 198 Å². The van der Waals surface area contributed by atoms with Gasteiger partial charge in [0.1, 0.15) is 12.1 Å². The van der Waals surface area contributed by atoms with Crippen molar-refractivity contribution in [3.63, 3.8) is 0 Å². The number of ketones is 4. The molecular formula is C62H88N4O4. The molecule has 2 N–H and O–H groups in total. The van der Waals surface area contributed by atoms with Gasteiger partial charge in [0.25, 0.3) is 0 Å². The van der Waals surface area contributed by atoms with E-state index in [4.69, 9.17) is 5.73 Å². The molecule has 10 aliphatic rings. The summed E-state index contributed by atoms with van der Waals surface area (Å²) in [6, 6.07) is 4.40. The number of nitriles is 2. The normalized spacial score (nSPS) is 47.9. The van der Waals surface area contributed by atoms with Gasteiger partial charge in [0, 0.05) is 44.6 Å². The molecule has 0 spiro atoms. The Morgan fingerprint density at radius 2 is 0.900 bits per heavy atom. The summed E-state index contributed by atoms with van der Waals surface area (Å²) in [5.41, 5.74) is 7.50. The highest BCUT2D eigenvalue weighted by molar-refractivity contribution is 6.05. The quantitative estimate of drug-likeness (QED) is 0.273. The minimum atomic E-state index is -0.621. The fourth-order valence-electron chi connectivity index (χ4n) is 20.1. The summed E-state index contributed by atoms with van der Waals surface area (Å²) < 4.78 is 0. The van der Waals surface area contributed by atoms with Gasteiger partial charge in [-0.25, -0.2) is 0 Å². The number of allylic oxidation sites excluding steroid dienone is 8. The van der Waals surface area contributed by atoms with Crippen molar-refractivity contribution >= 4 is 23.1 Å².